The van der Waals surface area contributed by atoms with E-state index in [2.05, 4.69) is 29.5 Å². The molecule has 28 heavy (non-hydrogen) atoms. The van der Waals surface area contributed by atoms with Gasteiger partial charge in [0.2, 0.25) is 0 Å². The summed E-state index contributed by atoms with van der Waals surface area (Å²) in [5.74, 6) is 0.386. The maximum atomic E-state index is 12.2. The molecule has 148 valence electrons. The number of benzene rings is 2. The first-order chi connectivity index (χ1) is 13.6. The van der Waals surface area contributed by atoms with Crippen LogP contribution in [0.5, 0.6) is 0 Å². The SMILES string of the molecule is CCc1ccc(N=C(SC)SCc2ccccc2/C(=N/OC)C(=O)NC)cc1. The summed E-state index contributed by atoms with van der Waals surface area (Å²) >= 11 is 3.24. The lowest BCUT2D eigenvalue weighted by Crippen LogP contribution is -2.29. The van der Waals surface area contributed by atoms with Crippen LogP contribution in [0.25, 0.3) is 0 Å². The van der Waals surface area contributed by atoms with Crippen LogP contribution >= 0.6 is 23.5 Å². The third kappa shape index (κ3) is 6.14. The van der Waals surface area contributed by atoms with Crippen molar-refractivity contribution >= 4 is 45.2 Å². The van der Waals surface area contributed by atoms with Gasteiger partial charge in [-0.15, -0.1) is 11.8 Å². The third-order valence-corrected chi connectivity index (χ3v) is 6.08. The van der Waals surface area contributed by atoms with Crippen molar-refractivity contribution in [3.8, 4) is 0 Å². The van der Waals surface area contributed by atoms with Crippen molar-refractivity contribution in [2.24, 2.45) is 10.1 Å². The monoisotopic (exact) mass is 415 g/mol. The zero-order valence-electron chi connectivity index (χ0n) is 16.6. The Morgan fingerprint density at radius 2 is 1.86 bits per heavy atom. The summed E-state index contributed by atoms with van der Waals surface area (Å²) < 4.78 is 0.962. The van der Waals surface area contributed by atoms with Crippen LogP contribution in [0.1, 0.15) is 23.6 Å². The van der Waals surface area contributed by atoms with Crippen molar-refractivity contribution in [3.05, 3.63) is 65.2 Å². The van der Waals surface area contributed by atoms with E-state index >= 15 is 0 Å². The van der Waals surface area contributed by atoms with Crippen molar-refractivity contribution < 1.29 is 9.63 Å². The summed E-state index contributed by atoms with van der Waals surface area (Å²) in [7, 11) is 3.01. The topological polar surface area (TPSA) is 63.1 Å². The molecule has 1 N–H and O–H groups in total. The van der Waals surface area contributed by atoms with Gasteiger partial charge in [-0.05, 0) is 35.9 Å². The molecule has 0 saturated heterocycles. The summed E-state index contributed by atoms with van der Waals surface area (Å²) in [6.07, 6.45) is 3.03. The lowest BCUT2D eigenvalue weighted by atomic mass is 10.0. The smallest absolute Gasteiger partial charge is 0.273 e. The molecule has 0 fully saturated rings. The molecule has 0 atom stereocenters. The molecule has 5 nitrogen and oxygen atoms in total. The van der Waals surface area contributed by atoms with Gasteiger partial charge in [-0.2, -0.15) is 0 Å². The molecule has 0 unspecified atom stereocenters. The lowest BCUT2D eigenvalue weighted by molar-refractivity contribution is -0.114. The van der Waals surface area contributed by atoms with Crippen LogP contribution in [-0.4, -0.2) is 36.4 Å². The fourth-order valence-corrected chi connectivity index (χ4v) is 4.03. The van der Waals surface area contributed by atoms with Crippen molar-refractivity contribution in [2.75, 3.05) is 20.4 Å². The molecule has 0 spiro atoms. The first kappa shape index (κ1) is 22.0. The first-order valence-electron chi connectivity index (χ1n) is 8.88. The fraction of sp³-hybridized carbons (Fsp3) is 0.286. The van der Waals surface area contributed by atoms with E-state index < -0.39 is 0 Å². The molecule has 1 amide bonds. The van der Waals surface area contributed by atoms with Crippen molar-refractivity contribution in [1.29, 1.82) is 0 Å². The molecule has 0 aromatic heterocycles. The van der Waals surface area contributed by atoms with Crippen LogP contribution in [-0.2, 0) is 21.8 Å². The Bertz CT molecular complexity index is 849. The van der Waals surface area contributed by atoms with E-state index in [1.54, 1.807) is 30.6 Å². The number of rotatable bonds is 7. The Kier molecular flexibility index (Phi) is 9.10. The predicted octanol–water partition coefficient (Wildman–Crippen LogP) is 4.63. The van der Waals surface area contributed by atoms with Gasteiger partial charge in [0.1, 0.15) is 11.5 Å². The van der Waals surface area contributed by atoms with Gasteiger partial charge in [0.15, 0.2) is 5.71 Å². The Labute approximate surface area is 175 Å². The van der Waals surface area contributed by atoms with E-state index in [-0.39, 0.29) is 11.6 Å². The Hall–Kier alpha value is -2.25. The quantitative estimate of drug-likeness (QED) is 0.407. The fourth-order valence-electron chi connectivity index (χ4n) is 2.49. The summed E-state index contributed by atoms with van der Waals surface area (Å²) in [5, 5.41) is 6.53. The second-order valence-corrected chi connectivity index (χ2v) is 7.77. The minimum absolute atomic E-state index is 0.263. The predicted molar refractivity (Wildman–Crippen MR) is 122 cm³/mol. The van der Waals surface area contributed by atoms with Crippen LogP contribution in [0.15, 0.2) is 58.7 Å². The molecule has 0 radical (unpaired) electrons. The van der Waals surface area contributed by atoms with E-state index in [1.807, 2.05) is 42.7 Å². The number of amides is 1. The minimum Gasteiger partial charge on any atom is -0.398 e. The van der Waals surface area contributed by atoms with Crippen LogP contribution in [0.4, 0.5) is 5.69 Å². The lowest BCUT2D eigenvalue weighted by Gasteiger charge is -2.11. The Balaban J connectivity index is 2.21. The molecule has 2 aromatic carbocycles. The number of aliphatic imine (C=N–C) groups is 1. The Morgan fingerprint density at radius 1 is 1.14 bits per heavy atom. The van der Waals surface area contributed by atoms with E-state index in [9.17, 15) is 4.79 Å². The number of hydrogen-bond acceptors (Lipinski definition) is 6. The van der Waals surface area contributed by atoms with Gasteiger partial charge in [0.05, 0.1) is 5.69 Å². The minimum atomic E-state index is -0.283. The summed E-state index contributed by atoms with van der Waals surface area (Å²) in [5.41, 5.74) is 4.25. The largest absolute Gasteiger partial charge is 0.398 e. The normalized spacial score (nSPS) is 12.0. The molecular formula is C21H25N3O2S2. The number of hydrogen-bond donors (Lipinski definition) is 1. The van der Waals surface area contributed by atoms with E-state index in [4.69, 9.17) is 9.83 Å². The van der Waals surface area contributed by atoms with Crippen LogP contribution in [0.2, 0.25) is 0 Å². The van der Waals surface area contributed by atoms with Gasteiger partial charge >= 0.3 is 0 Å². The standard InChI is InChI=1S/C21H25N3O2S2/c1-5-15-10-12-17(13-11-15)23-21(27-4)28-14-16-8-6-7-9-18(16)19(24-26-3)20(25)22-2/h6-13H,5,14H2,1-4H3,(H,22,25)/b23-21?,24-19-. The molecule has 0 bridgehead atoms. The van der Waals surface area contributed by atoms with E-state index in [0.717, 1.165) is 27.6 Å². The van der Waals surface area contributed by atoms with Crippen LogP contribution in [0, 0.1) is 0 Å². The highest BCUT2D eigenvalue weighted by Crippen LogP contribution is 2.26. The van der Waals surface area contributed by atoms with Gasteiger partial charge in [0.25, 0.3) is 5.91 Å². The number of nitrogens with zero attached hydrogens (tertiary/aromatic N) is 2. The number of aryl methyl sites for hydroxylation is 1. The number of carbonyl (C=O) groups is 1. The van der Waals surface area contributed by atoms with Crippen molar-refractivity contribution in [1.82, 2.24) is 5.32 Å². The number of nitrogens with one attached hydrogen (secondary N) is 1. The van der Waals surface area contributed by atoms with Crippen molar-refractivity contribution in [2.45, 2.75) is 19.1 Å². The average Bonchev–Trinajstić information content (AvgIpc) is 2.75. The molecule has 2 rings (SSSR count). The highest BCUT2D eigenvalue weighted by atomic mass is 32.2. The van der Waals surface area contributed by atoms with Gasteiger partial charge in [-0.25, -0.2) is 4.99 Å². The number of carbonyl (C=O) groups excluding carboxylic acids is 1. The van der Waals surface area contributed by atoms with E-state index in [1.165, 1.54) is 12.7 Å². The summed E-state index contributed by atoms with van der Waals surface area (Å²) in [6, 6.07) is 16.0. The highest BCUT2D eigenvalue weighted by Gasteiger charge is 2.17. The molecule has 0 aliphatic carbocycles. The van der Waals surface area contributed by atoms with Gasteiger partial charge in [-0.3, -0.25) is 4.79 Å². The summed E-state index contributed by atoms with van der Waals surface area (Å²) in [4.78, 5) is 21.8. The molecule has 0 aliphatic rings. The molecular weight excluding hydrogens is 390 g/mol. The maximum Gasteiger partial charge on any atom is 0.273 e. The molecule has 0 saturated carbocycles. The number of oxime groups is 1. The van der Waals surface area contributed by atoms with Crippen LogP contribution in [0.3, 0.4) is 0 Å². The molecule has 2 aromatic rings. The van der Waals surface area contributed by atoms with E-state index in [0.29, 0.717) is 5.75 Å². The molecule has 0 aliphatic heterocycles. The number of thioether (sulfide) groups is 2. The molecule has 0 heterocycles. The van der Waals surface area contributed by atoms with Gasteiger partial charge in [-0.1, -0.05) is 60.2 Å². The zero-order chi connectivity index (χ0) is 20.4. The molecule has 7 heteroatoms. The zero-order valence-corrected chi connectivity index (χ0v) is 18.2. The average molecular weight is 416 g/mol. The van der Waals surface area contributed by atoms with Crippen LogP contribution < -0.4 is 5.32 Å². The maximum absolute atomic E-state index is 12.2. The highest BCUT2D eigenvalue weighted by molar-refractivity contribution is 8.38. The van der Waals surface area contributed by atoms with Crippen molar-refractivity contribution in [3.63, 3.8) is 0 Å². The third-order valence-electron chi connectivity index (χ3n) is 3.99. The summed E-state index contributed by atoms with van der Waals surface area (Å²) in [6.45, 7) is 2.14. The second-order valence-electron chi connectivity index (χ2n) is 5.75. The van der Waals surface area contributed by atoms with Gasteiger partial charge in [0, 0.05) is 18.4 Å². The first-order valence-corrected chi connectivity index (χ1v) is 11.1. The second kappa shape index (κ2) is 11.6. The Morgan fingerprint density at radius 3 is 2.46 bits per heavy atom. The van der Waals surface area contributed by atoms with Gasteiger partial charge < -0.3 is 10.2 Å². The number of likely N-dealkylation sites (N-methyl/N-ethyl adjacent to an activating group) is 1.